The average molecular weight is 875 g/mol. The van der Waals surface area contributed by atoms with Crippen molar-refractivity contribution in [3.8, 4) is 84.8 Å². The van der Waals surface area contributed by atoms with Crippen molar-refractivity contribution >= 4 is 0 Å². The highest BCUT2D eigenvalue weighted by atomic mass is 16.5. The Morgan fingerprint density at radius 1 is 0.373 bits per heavy atom. The molecule has 0 saturated carbocycles. The van der Waals surface area contributed by atoms with Gasteiger partial charge in [-0.2, -0.15) is 0 Å². The molecule has 0 heterocycles. The molecule has 67 heavy (non-hydrogen) atoms. The lowest BCUT2D eigenvalue weighted by molar-refractivity contribution is 0.220. The van der Waals surface area contributed by atoms with Gasteiger partial charge in [0, 0.05) is 22.3 Å². The molecular weight excluding hydrogens is 825 g/mol. The molecule has 5 nitrogen and oxygen atoms in total. The van der Waals surface area contributed by atoms with Gasteiger partial charge in [0.15, 0.2) is 0 Å². The van der Waals surface area contributed by atoms with Gasteiger partial charge in [-0.05, 0) is 143 Å². The zero-order valence-electron chi connectivity index (χ0n) is 37.2. The van der Waals surface area contributed by atoms with Crippen LogP contribution >= 0.6 is 0 Å². The quantitative estimate of drug-likeness (QED) is 0.0924. The van der Waals surface area contributed by atoms with E-state index in [2.05, 4.69) is 73.7 Å². The second kappa shape index (κ2) is 21.5. The fraction of sp³-hybridized carbons (Fsp3) is 0.0645. The van der Waals surface area contributed by atoms with Crippen LogP contribution in [0.1, 0.15) is 30.6 Å². The van der Waals surface area contributed by atoms with Crippen molar-refractivity contribution in [2.24, 2.45) is 0 Å². The Hall–Kier alpha value is -8.38. The molecule has 9 aromatic rings. The van der Waals surface area contributed by atoms with Gasteiger partial charge in [0.1, 0.15) is 53.0 Å². The summed E-state index contributed by atoms with van der Waals surface area (Å²) in [6.45, 7) is 2.51. The van der Waals surface area contributed by atoms with Crippen LogP contribution in [0.5, 0.6) is 40.2 Å². The maximum atomic E-state index is 13.0. The topological polar surface area (TPSA) is 57.2 Å². The first-order valence-corrected chi connectivity index (χ1v) is 22.6. The molecule has 328 valence electrons. The van der Waals surface area contributed by atoms with E-state index >= 15 is 0 Å². The Bertz CT molecular complexity index is 3000. The summed E-state index contributed by atoms with van der Waals surface area (Å²) in [5.74, 6) is 4.97. The number of hydrogen-bond acceptors (Lipinski definition) is 5. The lowest BCUT2D eigenvalue weighted by Crippen LogP contribution is -2.03. The molecule has 0 spiro atoms. The highest BCUT2D eigenvalue weighted by Crippen LogP contribution is 2.44. The van der Waals surface area contributed by atoms with Crippen LogP contribution in [0.2, 0.25) is 0 Å². The maximum Gasteiger partial charge on any atom is 0.135 e. The number of hydrogen-bond donors (Lipinski definition) is 1. The van der Waals surface area contributed by atoms with E-state index in [0.29, 0.717) is 35.0 Å². The van der Waals surface area contributed by atoms with E-state index < -0.39 is 6.10 Å². The molecule has 0 bridgehead atoms. The predicted molar refractivity (Wildman–Crippen MR) is 272 cm³/mol. The molecule has 1 atom stereocenters. The molecule has 0 aliphatic rings. The second-order valence-electron chi connectivity index (χ2n) is 15.9. The summed E-state index contributed by atoms with van der Waals surface area (Å²) >= 11 is 0. The second-order valence-corrected chi connectivity index (χ2v) is 15.9. The van der Waals surface area contributed by atoms with Gasteiger partial charge in [0.25, 0.3) is 0 Å². The molecule has 0 fully saturated rings. The van der Waals surface area contributed by atoms with E-state index in [1.807, 2.05) is 182 Å². The number of ether oxygens (including phenoxy) is 4. The van der Waals surface area contributed by atoms with Gasteiger partial charge >= 0.3 is 0 Å². The van der Waals surface area contributed by atoms with Crippen molar-refractivity contribution in [3.63, 3.8) is 0 Å². The van der Waals surface area contributed by atoms with Crippen molar-refractivity contribution in [2.45, 2.75) is 19.4 Å². The predicted octanol–water partition coefficient (Wildman–Crippen LogP) is 16.7. The van der Waals surface area contributed by atoms with Crippen LogP contribution < -0.4 is 18.9 Å². The zero-order valence-corrected chi connectivity index (χ0v) is 37.2. The summed E-state index contributed by atoms with van der Waals surface area (Å²) in [5.41, 5.74) is 8.37. The Morgan fingerprint density at radius 2 is 0.687 bits per heavy atom. The largest absolute Gasteiger partial charge is 0.489 e. The van der Waals surface area contributed by atoms with E-state index in [-0.39, 0.29) is 0 Å². The Balaban J connectivity index is 1.20. The molecule has 5 heteroatoms. The first-order chi connectivity index (χ1) is 33.1. The third-order valence-electron chi connectivity index (χ3n) is 11.2. The van der Waals surface area contributed by atoms with Gasteiger partial charge in [0.2, 0.25) is 0 Å². The van der Waals surface area contributed by atoms with Crippen LogP contribution in [0.15, 0.2) is 249 Å². The monoisotopic (exact) mass is 874 g/mol. The SMILES string of the molecule is CCC=CC=CCOc1ccccc1-c1cc(-c2ccccc2Oc2ccccc2)cc(C(O)c2cc(-c3ccccc3Oc3ccccc3)cc(-c3ccccc3Oc3ccccc3)c2)c1. The van der Waals surface area contributed by atoms with Gasteiger partial charge in [0.05, 0.1) is 0 Å². The van der Waals surface area contributed by atoms with Crippen LogP contribution in [0.4, 0.5) is 0 Å². The maximum absolute atomic E-state index is 13.0. The van der Waals surface area contributed by atoms with Crippen LogP contribution in [-0.4, -0.2) is 11.7 Å². The molecule has 0 aliphatic heterocycles. The lowest BCUT2D eigenvalue weighted by atomic mass is 9.89. The summed E-state index contributed by atoms with van der Waals surface area (Å²) in [5, 5.41) is 13.0. The normalized spacial score (nSPS) is 11.7. The number of allylic oxidation sites excluding steroid dienone is 3. The van der Waals surface area contributed by atoms with Gasteiger partial charge in [-0.15, -0.1) is 0 Å². The fourth-order valence-electron chi connectivity index (χ4n) is 7.98. The third-order valence-corrected chi connectivity index (χ3v) is 11.2. The Kier molecular flexibility index (Phi) is 14.1. The molecule has 0 saturated heterocycles. The zero-order chi connectivity index (χ0) is 45.6. The number of benzene rings is 9. The van der Waals surface area contributed by atoms with Crippen molar-refractivity contribution in [2.75, 3.05) is 6.61 Å². The van der Waals surface area contributed by atoms with E-state index in [1.54, 1.807) is 0 Å². The molecule has 9 aromatic carbocycles. The van der Waals surface area contributed by atoms with E-state index in [9.17, 15) is 5.11 Å². The molecule has 1 unspecified atom stereocenters. The number of aliphatic hydroxyl groups is 1. The molecule has 9 rings (SSSR count). The summed E-state index contributed by atoms with van der Waals surface area (Å²) < 4.78 is 26.0. The van der Waals surface area contributed by atoms with Crippen molar-refractivity contribution < 1.29 is 24.1 Å². The lowest BCUT2D eigenvalue weighted by Gasteiger charge is -2.21. The highest BCUT2D eigenvalue weighted by Gasteiger charge is 2.21. The summed E-state index contributed by atoms with van der Waals surface area (Å²) in [7, 11) is 0. The summed E-state index contributed by atoms with van der Waals surface area (Å²) in [6.07, 6.45) is 8.04. The third kappa shape index (κ3) is 10.9. The van der Waals surface area contributed by atoms with Crippen LogP contribution in [0, 0.1) is 0 Å². The first kappa shape index (κ1) is 43.9. The fourth-order valence-corrected chi connectivity index (χ4v) is 7.98. The first-order valence-electron chi connectivity index (χ1n) is 22.6. The van der Waals surface area contributed by atoms with E-state index in [0.717, 1.165) is 73.9 Å². The molecule has 0 radical (unpaired) electrons. The summed E-state index contributed by atoms with van der Waals surface area (Å²) in [6, 6.07) is 73.8. The molecule has 0 aliphatic carbocycles. The minimum Gasteiger partial charge on any atom is -0.489 e. The number of para-hydroxylation sites is 7. The van der Waals surface area contributed by atoms with Crippen molar-refractivity contribution in [1.29, 1.82) is 0 Å². The number of rotatable bonds is 17. The van der Waals surface area contributed by atoms with Crippen molar-refractivity contribution in [1.82, 2.24) is 0 Å². The van der Waals surface area contributed by atoms with E-state index in [1.165, 1.54) is 0 Å². The van der Waals surface area contributed by atoms with Crippen molar-refractivity contribution in [3.05, 3.63) is 260 Å². The highest BCUT2D eigenvalue weighted by molar-refractivity contribution is 5.82. The van der Waals surface area contributed by atoms with Crippen LogP contribution in [0.3, 0.4) is 0 Å². The molecule has 0 amide bonds. The number of aliphatic hydroxyl groups excluding tert-OH is 1. The minimum absolute atomic E-state index is 0.397. The van der Waals surface area contributed by atoms with Gasteiger partial charge in [-0.25, -0.2) is 0 Å². The minimum atomic E-state index is -1.08. The van der Waals surface area contributed by atoms with Gasteiger partial charge in [-0.3, -0.25) is 0 Å². The Morgan fingerprint density at radius 3 is 1.06 bits per heavy atom. The molecule has 0 aromatic heterocycles. The summed E-state index contributed by atoms with van der Waals surface area (Å²) in [4.78, 5) is 0. The molecular formula is C62H50O5. The average Bonchev–Trinajstić information content (AvgIpc) is 3.38. The Labute approximate surface area is 393 Å². The van der Waals surface area contributed by atoms with E-state index in [4.69, 9.17) is 18.9 Å². The van der Waals surface area contributed by atoms with Gasteiger partial charge < -0.3 is 24.1 Å². The smallest absolute Gasteiger partial charge is 0.135 e. The van der Waals surface area contributed by atoms with Crippen LogP contribution in [-0.2, 0) is 0 Å². The standard InChI is InChI=1S/C62H50O5/c1-2-3-4-5-23-38-64-58-34-19-15-30-54(58)45-39-46(55-31-16-20-35-59(55)65-51-24-9-6-10-25-51)42-49(41-45)62(63)50-43-47(56-32-17-21-36-60(56)66-52-26-11-7-12-27-52)40-48(44-50)57-33-18-22-37-61(57)67-53-28-13-8-14-29-53/h3-37,39-44,62-63H,2,38H2,1H3. The molecule has 1 N–H and O–H groups in total. The van der Waals surface area contributed by atoms with Crippen LogP contribution in [0.25, 0.3) is 44.5 Å². The van der Waals surface area contributed by atoms with Gasteiger partial charge in [-0.1, -0.05) is 153 Å².